The van der Waals surface area contributed by atoms with E-state index in [1.54, 1.807) is 0 Å². The molecule has 0 rings (SSSR count). The van der Waals surface area contributed by atoms with Gasteiger partial charge in [0.1, 0.15) is 0 Å². The van der Waals surface area contributed by atoms with Crippen molar-refractivity contribution in [2.75, 3.05) is 0 Å². The molecule has 0 saturated heterocycles. The molecule has 0 radical (unpaired) electrons. The normalized spacial score (nSPS) is 10.4. The minimum atomic E-state index is -3.94. The van der Waals surface area contributed by atoms with Gasteiger partial charge in [0, 0.05) is 0 Å². The molecule has 66 valence electrons. The van der Waals surface area contributed by atoms with E-state index in [9.17, 15) is 5.63 Å². The number of unbranched alkanes of at least 4 members (excludes halogenated alkanes) is 2. The quantitative estimate of drug-likeness (QED) is 0.710. The van der Waals surface area contributed by atoms with Crippen LogP contribution in [0.5, 0.6) is 0 Å². The molecule has 0 unspecified atom stereocenters. The third kappa shape index (κ3) is 6.86. The molecule has 0 bridgehead atoms. The van der Waals surface area contributed by atoms with E-state index in [4.69, 9.17) is 0 Å². The van der Waals surface area contributed by atoms with E-state index in [1.807, 2.05) is 13.8 Å². The van der Waals surface area contributed by atoms with Gasteiger partial charge in [-0.15, -0.1) is 0 Å². The Morgan fingerprint density at radius 3 is 1.55 bits per heavy atom. The van der Waals surface area contributed by atoms with Crippen molar-refractivity contribution in [1.29, 1.82) is 0 Å². The molecular weight excluding hydrogens is 219 g/mol. The predicted molar refractivity (Wildman–Crippen MR) is 40.8 cm³/mol. The van der Waals surface area contributed by atoms with E-state index in [-0.39, 0.29) is 0 Å². The fraction of sp³-hybridized carbons (Fsp3) is 1.00. The summed E-state index contributed by atoms with van der Waals surface area (Å²) in [5.41, 5.74) is 0. The van der Waals surface area contributed by atoms with Crippen molar-refractivity contribution < 1.29 is 25.9 Å². The van der Waals surface area contributed by atoms with Gasteiger partial charge in [0.25, 0.3) is 0 Å². The van der Waals surface area contributed by atoms with Gasteiger partial charge >= 0.3 is 73.7 Å². The molecular formula is C8H18O2Zr. The SMILES string of the molecule is CCC[CH2][Zr](=[O])(=[O])[CH2]CCC. The van der Waals surface area contributed by atoms with Crippen molar-refractivity contribution in [3.8, 4) is 0 Å². The van der Waals surface area contributed by atoms with Crippen LogP contribution in [0.1, 0.15) is 39.5 Å². The van der Waals surface area contributed by atoms with Gasteiger partial charge in [-0.1, -0.05) is 0 Å². The zero-order valence-electron chi connectivity index (χ0n) is 7.56. The number of hydrogen-bond acceptors (Lipinski definition) is 2. The minimum absolute atomic E-state index is 0.505. The van der Waals surface area contributed by atoms with Crippen molar-refractivity contribution >= 4 is 0 Å². The van der Waals surface area contributed by atoms with Gasteiger partial charge in [0.2, 0.25) is 0 Å². The van der Waals surface area contributed by atoms with E-state index >= 15 is 0 Å². The summed E-state index contributed by atoms with van der Waals surface area (Å²) >= 11 is -3.94. The molecule has 0 N–H and O–H groups in total. The summed E-state index contributed by atoms with van der Waals surface area (Å²) in [7, 11) is 0. The van der Waals surface area contributed by atoms with Gasteiger partial charge in [0.15, 0.2) is 0 Å². The van der Waals surface area contributed by atoms with Crippen LogP contribution in [-0.2, 0) is 25.9 Å². The van der Waals surface area contributed by atoms with Crippen LogP contribution in [0, 0.1) is 0 Å². The molecule has 2 nitrogen and oxygen atoms in total. The molecule has 11 heavy (non-hydrogen) atoms. The molecule has 0 spiro atoms. The Hall–Kier alpha value is 0.483. The van der Waals surface area contributed by atoms with E-state index in [1.165, 1.54) is 0 Å². The summed E-state index contributed by atoms with van der Waals surface area (Å²) in [6, 6.07) is 0. The van der Waals surface area contributed by atoms with E-state index in [0.29, 0.717) is 8.26 Å². The van der Waals surface area contributed by atoms with Crippen molar-refractivity contribution in [2.45, 2.75) is 47.8 Å². The Morgan fingerprint density at radius 1 is 0.909 bits per heavy atom. The topological polar surface area (TPSA) is 34.1 Å². The monoisotopic (exact) mass is 236 g/mol. The summed E-state index contributed by atoms with van der Waals surface area (Å²) in [6.07, 6.45) is 3.73. The number of rotatable bonds is 6. The fourth-order valence-corrected chi connectivity index (χ4v) is 6.02. The number of hydrogen-bond donors (Lipinski definition) is 0. The molecule has 0 fully saturated rings. The molecule has 0 atom stereocenters. The van der Waals surface area contributed by atoms with Crippen molar-refractivity contribution in [3.05, 3.63) is 0 Å². The first-order chi connectivity index (χ1) is 5.12. The summed E-state index contributed by atoms with van der Waals surface area (Å²) in [5, 5.41) is 0. The molecule has 0 aliphatic carbocycles. The summed E-state index contributed by atoms with van der Waals surface area (Å²) in [6.45, 7) is 4.06. The van der Waals surface area contributed by atoms with Crippen LogP contribution in [0.3, 0.4) is 0 Å². The van der Waals surface area contributed by atoms with Gasteiger partial charge < -0.3 is 0 Å². The van der Waals surface area contributed by atoms with Crippen LogP contribution < -0.4 is 0 Å². The Kier molecular flexibility index (Phi) is 6.32. The van der Waals surface area contributed by atoms with E-state index in [2.05, 4.69) is 0 Å². The summed E-state index contributed by atoms with van der Waals surface area (Å²) < 4.78 is 23.6. The molecule has 0 aromatic rings. The van der Waals surface area contributed by atoms with Crippen LogP contribution in [0.15, 0.2) is 0 Å². The van der Waals surface area contributed by atoms with Gasteiger partial charge in [-0.3, -0.25) is 0 Å². The van der Waals surface area contributed by atoms with Gasteiger partial charge in [0.05, 0.1) is 0 Å². The second-order valence-corrected chi connectivity index (χ2v) is 10.1. The fourth-order valence-electron chi connectivity index (χ4n) is 1.02. The van der Waals surface area contributed by atoms with Crippen molar-refractivity contribution in [3.63, 3.8) is 0 Å². The van der Waals surface area contributed by atoms with Crippen LogP contribution in [0.4, 0.5) is 0 Å². The summed E-state index contributed by atoms with van der Waals surface area (Å²) in [4.78, 5) is 0. The zero-order chi connectivity index (χ0) is 8.74. The molecule has 0 aromatic heterocycles. The van der Waals surface area contributed by atoms with Crippen LogP contribution >= 0.6 is 0 Å². The van der Waals surface area contributed by atoms with Crippen LogP contribution in [-0.4, -0.2) is 0 Å². The zero-order valence-corrected chi connectivity index (χ0v) is 10.0. The molecule has 0 aliphatic rings. The Labute approximate surface area is 73.7 Å². The first kappa shape index (κ1) is 11.5. The van der Waals surface area contributed by atoms with Crippen molar-refractivity contribution in [2.24, 2.45) is 0 Å². The maximum absolute atomic E-state index is 11.3. The second-order valence-electron chi connectivity index (χ2n) is 3.12. The Bertz CT molecular complexity index is 157. The van der Waals surface area contributed by atoms with Crippen LogP contribution in [0.2, 0.25) is 8.26 Å². The molecule has 0 aromatic carbocycles. The summed E-state index contributed by atoms with van der Waals surface area (Å²) in [5.74, 6) is 0. The first-order valence-corrected chi connectivity index (χ1v) is 10.0. The van der Waals surface area contributed by atoms with Gasteiger partial charge in [-0.25, -0.2) is 0 Å². The predicted octanol–water partition coefficient (Wildman–Crippen LogP) is 3.27. The van der Waals surface area contributed by atoms with E-state index < -0.39 is 20.3 Å². The third-order valence-electron chi connectivity index (χ3n) is 1.82. The average Bonchev–Trinajstić information content (AvgIpc) is 1.97. The molecule has 0 heterocycles. The molecule has 0 saturated carbocycles. The Morgan fingerprint density at radius 2 is 1.27 bits per heavy atom. The first-order valence-electron chi connectivity index (χ1n) is 4.53. The van der Waals surface area contributed by atoms with Crippen LogP contribution in [0.25, 0.3) is 0 Å². The molecule has 3 heteroatoms. The van der Waals surface area contributed by atoms with Gasteiger partial charge in [-0.2, -0.15) is 0 Å². The molecule has 0 amide bonds. The molecule has 0 aliphatic heterocycles. The maximum atomic E-state index is 11.3. The van der Waals surface area contributed by atoms with E-state index in [0.717, 1.165) is 25.7 Å². The van der Waals surface area contributed by atoms with Crippen molar-refractivity contribution in [1.82, 2.24) is 0 Å². The second kappa shape index (κ2) is 6.05. The average molecular weight is 237 g/mol. The Balaban J connectivity index is 3.63. The third-order valence-corrected chi connectivity index (χ3v) is 7.31. The van der Waals surface area contributed by atoms with Gasteiger partial charge in [-0.05, 0) is 0 Å². The standard InChI is InChI=1S/2C4H9.2O.Zr/c2*1-3-4-2;;;/h2*1,3-4H2,2H3;;;.